The van der Waals surface area contributed by atoms with Crippen molar-refractivity contribution in [2.75, 3.05) is 7.11 Å². The zero-order valence-electron chi connectivity index (χ0n) is 13.0. The van der Waals surface area contributed by atoms with Crippen LogP contribution in [0.5, 0.6) is 5.75 Å². The molecule has 118 valence electrons. The van der Waals surface area contributed by atoms with E-state index in [0.717, 1.165) is 22.6 Å². The van der Waals surface area contributed by atoms with Crippen LogP contribution in [-0.4, -0.2) is 23.7 Å². The molecule has 2 aromatic rings. The summed E-state index contributed by atoms with van der Waals surface area (Å²) in [5.74, 6) is 0.721. The van der Waals surface area contributed by atoms with Gasteiger partial charge < -0.3 is 4.74 Å². The first kappa shape index (κ1) is 15.6. The van der Waals surface area contributed by atoms with Gasteiger partial charge in [-0.25, -0.2) is 5.01 Å². The lowest BCUT2D eigenvalue weighted by Crippen LogP contribution is -2.24. The van der Waals surface area contributed by atoms with Crippen molar-refractivity contribution in [2.24, 2.45) is 5.10 Å². The highest BCUT2D eigenvalue weighted by atomic mass is 35.5. The van der Waals surface area contributed by atoms with Gasteiger partial charge in [0.1, 0.15) is 5.75 Å². The summed E-state index contributed by atoms with van der Waals surface area (Å²) in [7, 11) is 1.64. The second kappa shape index (κ2) is 6.42. The van der Waals surface area contributed by atoms with Crippen molar-refractivity contribution in [3.8, 4) is 5.75 Å². The highest BCUT2D eigenvalue weighted by molar-refractivity contribution is 6.30. The number of halogens is 1. The first-order chi connectivity index (χ1) is 11.1. The maximum atomic E-state index is 11.9. The topological polar surface area (TPSA) is 41.9 Å². The van der Waals surface area contributed by atoms with E-state index >= 15 is 0 Å². The predicted molar refractivity (Wildman–Crippen MR) is 90.9 cm³/mol. The smallest absolute Gasteiger partial charge is 0.240 e. The second-order valence-corrected chi connectivity index (χ2v) is 5.85. The molecule has 1 aliphatic rings. The van der Waals surface area contributed by atoms with Gasteiger partial charge in [-0.3, -0.25) is 4.79 Å². The molecule has 1 atom stereocenters. The third-order valence-corrected chi connectivity index (χ3v) is 4.16. The van der Waals surface area contributed by atoms with E-state index in [0.29, 0.717) is 11.4 Å². The molecule has 0 N–H and O–H groups in total. The van der Waals surface area contributed by atoms with Crippen LogP contribution >= 0.6 is 11.6 Å². The maximum absolute atomic E-state index is 11.9. The van der Waals surface area contributed by atoms with E-state index in [9.17, 15) is 4.79 Å². The number of methoxy groups -OCH3 is 1. The van der Waals surface area contributed by atoms with E-state index in [1.165, 1.54) is 6.92 Å². The van der Waals surface area contributed by atoms with Gasteiger partial charge in [0.25, 0.3) is 0 Å². The molecule has 0 aromatic heterocycles. The summed E-state index contributed by atoms with van der Waals surface area (Å²) in [6.07, 6.45) is 0.674. The molecule has 4 nitrogen and oxygen atoms in total. The number of carbonyl (C=O) groups excluding carboxylic acids is 1. The molecular formula is C18H17ClN2O2. The Labute approximate surface area is 140 Å². The Morgan fingerprint density at radius 1 is 1.17 bits per heavy atom. The van der Waals surface area contributed by atoms with Crippen LogP contribution in [0.15, 0.2) is 53.6 Å². The number of rotatable bonds is 3. The highest BCUT2D eigenvalue weighted by Crippen LogP contribution is 2.33. The van der Waals surface area contributed by atoms with Gasteiger partial charge in [-0.15, -0.1) is 0 Å². The summed E-state index contributed by atoms with van der Waals surface area (Å²) in [6.45, 7) is 1.53. The molecule has 0 fully saturated rings. The van der Waals surface area contributed by atoms with Crippen LogP contribution in [0.4, 0.5) is 0 Å². The Kier molecular flexibility index (Phi) is 4.35. The number of amides is 1. The molecule has 0 saturated carbocycles. The number of ether oxygens (including phenoxy) is 1. The SMILES string of the molecule is COc1ccc(C2=NN(C(C)=O)[C@@H](c3ccc(Cl)cc3)C2)cc1. The number of carbonyl (C=O) groups is 1. The minimum atomic E-state index is -0.0955. The Balaban J connectivity index is 1.90. The van der Waals surface area contributed by atoms with Crippen molar-refractivity contribution in [1.29, 1.82) is 0 Å². The van der Waals surface area contributed by atoms with Gasteiger partial charge in [0, 0.05) is 18.4 Å². The molecule has 1 aliphatic heterocycles. The standard InChI is InChI=1S/C18H17ClN2O2/c1-12(22)21-18(14-3-7-15(19)8-4-14)11-17(20-21)13-5-9-16(23-2)10-6-13/h3-10,18H,11H2,1-2H3/t18-/m1/s1. The molecule has 0 bridgehead atoms. The molecule has 0 unspecified atom stereocenters. The number of hydrazone groups is 1. The highest BCUT2D eigenvalue weighted by Gasteiger charge is 2.31. The fourth-order valence-corrected chi connectivity index (χ4v) is 2.83. The van der Waals surface area contributed by atoms with E-state index in [1.807, 2.05) is 48.5 Å². The average molecular weight is 329 g/mol. The zero-order valence-corrected chi connectivity index (χ0v) is 13.7. The third kappa shape index (κ3) is 3.22. The Morgan fingerprint density at radius 3 is 2.39 bits per heavy atom. The molecule has 3 rings (SSSR count). The largest absolute Gasteiger partial charge is 0.497 e. The molecule has 0 spiro atoms. The minimum Gasteiger partial charge on any atom is -0.497 e. The van der Waals surface area contributed by atoms with Crippen LogP contribution in [0.2, 0.25) is 5.02 Å². The van der Waals surface area contributed by atoms with Gasteiger partial charge in [0.15, 0.2) is 0 Å². The van der Waals surface area contributed by atoms with E-state index < -0.39 is 0 Å². The van der Waals surface area contributed by atoms with Gasteiger partial charge in [-0.1, -0.05) is 23.7 Å². The lowest BCUT2D eigenvalue weighted by atomic mass is 9.98. The first-order valence-corrected chi connectivity index (χ1v) is 7.73. The molecule has 0 saturated heterocycles. The fourth-order valence-electron chi connectivity index (χ4n) is 2.70. The van der Waals surface area contributed by atoms with Crippen LogP contribution in [0.1, 0.15) is 30.5 Å². The molecule has 0 aliphatic carbocycles. The number of nitrogens with zero attached hydrogens (tertiary/aromatic N) is 2. The van der Waals surface area contributed by atoms with Gasteiger partial charge in [0.2, 0.25) is 5.91 Å². The van der Waals surface area contributed by atoms with Crippen LogP contribution in [0.3, 0.4) is 0 Å². The summed E-state index contributed by atoms with van der Waals surface area (Å²) in [5, 5.41) is 6.74. The summed E-state index contributed by atoms with van der Waals surface area (Å²) in [4.78, 5) is 11.9. The van der Waals surface area contributed by atoms with Crippen molar-refractivity contribution in [1.82, 2.24) is 5.01 Å². The van der Waals surface area contributed by atoms with Crippen molar-refractivity contribution in [2.45, 2.75) is 19.4 Å². The maximum Gasteiger partial charge on any atom is 0.240 e. The minimum absolute atomic E-state index is 0.0755. The van der Waals surface area contributed by atoms with Crippen molar-refractivity contribution < 1.29 is 9.53 Å². The lowest BCUT2D eigenvalue weighted by molar-refractivity contribution is -0.130. The summed E-state index contributed by atoms with van der Waals surface area (Å²) < 4.78 is 5.18. The van der Waals surface area contributed by atoms with Crippen molar-refractivity contribution >= 4 is 23.2 Å². The lowest BCUT2D eigenvalue weighted by Gasteiger charge is -2.20. The molecule has 1 heterocycles. The molecule has 0 radical (unpaired) electrons. The van der Waals surface area contributed by atoms with Crippen LogP contribution < -0.4 is 4.74 Å². The van der Waals surface area contributed by atoms with E-state index in [-0.39, 0.29) is 11.9 Å². The molecule has 5 heteroatoms. The van der Waals surface area contributed by atoms with Gasteiger partial charge in [-0.2, -0.15) is 5.10 Å². The summed E-state index contributed by atoms with van der Waals surface area (Å²) in [5.41, 5.74) is 2.91. The Morgan fingerprint density at radius 2 is 1.83 bits per heavy atom. The van der Waals surface area contributed by atoms with Gasteiger partial charge >= 0.3 is 0 Å². The van der Waals surface area contributed by atoms with Crippen LogP contribution in [0, 0.1) is 0 Å². The van der Waals surface area contributed by atoms with E-state index in [2.05, 4.69) is 5.10 Å². The molecule has 2 aromatic carbocycles. The van der Waals surface area contributed by atoms with Crippen molar-refractivity contribution in [3.63, 3.8) is 0 Å². The summed E-state index contributed by atoms with van der Waals surface area (Å²) in [6, 6.07) is 15.2. The summed E-state index contributed by atoms with van der Waals surface area (Å²) >= 11 is 5.95. The number of benzene rings is 2. The number of hydrogen-bond donors (Lipinski definition) is 0. The fraction of sp³-hybridized carbons (Fsp3) is 0.222. The zero-order chi connectivity index (χ0) is 16.4. The normalized spacial score (nSPS) is 17.1. The van der Waals surface area contributed by atoms with E-state index in [4.69, 9.17) is 16.3 Å². The average Bonchev–Trinajstić information content (AvgIpc) is 3.01. The molecule has 1 amide bonds. The molecule has 23 heavy (non-hydrogen) atoms. The Hall–Kier alpha value is -2.33. The van der Waals surface area contributed by atoms with Gasteiger partial charge in [-0.05, 0) is 47.5 Å². The van der Waals surface area contributed by atoms with Crippen molar-refractivity contribution in [3.05, 3.63) is 64.7 Å². The third-order valence-electron chi connectivity index (χ3n) is 3.91. The number of hydrogen-bond acceptors (Lipinski definition) is 3. The van der Waals surface area contributed by atoms with Crippen LogP contribution in [0.25, 0.3) is 0 Å². The first-order valence-electron chi connectivity index (χ1n) is 7.35. The van der Waals surface area contributed by atoms with Crippen LogP contribution in [-0.2, 0) is 4.79 Å². The predicted octanol–water partition coefficient (Wildman–Crippen LogP) is 4.05. The monoisotopic (exact) mass is 328 g/mol. The quantitative estimate of drug-likeness (QED) is 0.853. The second-order valence-electron chi connectivity index (χ2n) is 5.41. The van der Waals surface area contributed by atoms with Gasteiger partial charge in [0.05, 0.1) is 18.9 Å². The van der Waals surface area contributed by atoms with E-state index in [1.54, 1.807) is 12.1 Å². The molecular weight excluding hydrogens is 312 g/mol. The Bertz CT molecular complexity index is 739.